The van der Waals surface area contributed by atoms with Gasteiger partial charge in [0.25, 0.3) is 0 Å². The molecule has 3 aliphatic rings. The number of nitrogens with zero attached hydrogens (tertiary/aromatic N) is 2. The zero-order valence-corrected chi connectivity index (χ0v) is 39.1. The zero-order valence-electron chi connectivity index (χ0n) is 36.5. The van der Waals surface area contributed by atoms with Crippen molar-refractivity contribution in [3.05, 3.63) is 266 Å². The van der Waals surface area contributed by atoms with E-state index < -0.39 is 12.6 Å². The van der Waals surface area contributed by atoms with Gasteiger partial charge in [-0.25, -0.2) is 0 Å². The summed E-state index contributed by atoms with van der Waals surface area (Å²) in [5.74, 6) is 0. The fourth-order valence-corrected chi connectivity index (χ4v) is 17.3. The monoisotopic (exact) mass is 938 g/mol. The summed E-state index contributed by atoms with van der Waals surface area (Å²) >= 11 is 4.23. The number of hydrogen-bond acceptors (Lipinski definition) is 3. The maximum Gasteiger partial charge on any atom is 0.181 e. The summed E-state index contributed by atoms with van der Waals surface area (Å²) in [6.07, 6.45) is 4.23. The fourth-order valence-electron chi connectivity index (χ4n) is 11.3. The number of ether oxygens (including phenoxy) is 1. The van der Waals surface area contributed by atoms with Crippen molar-refractivity contribution in [3.8, 4) is 0 Å². The molecule has 0 N–H and O–H groups in total. The Balaban J connectivity index is 1.17. The molecule has 0 saturated carbocycles. The first-order chi connectivity index (χ1) is 33.1. The van der Waals surface area contributed by atoms with Crippen LogP contribution in [0.3, 0.4) is 0 Å². The van der Waals surface area contributed by atoms with Gasteiger partial charge in [0.2, 0.25) is 0 Å². The number of benzene rings is 10. The molecule has 3 heterocycles. The SMILES string of the molecule is BrC12C=CC(O1)C1=C2c2ccc(N(c3ccccc3)c3cccc4ccccc34)cc2[Si](c2ccccc2)(c2ccccc2)c2cc(N(c3ccccc3)c3cccc4ccccc34)ccc21. The lowest BCUT2D eigenvalue weighted by Gasteiger charge is -2.38. The molecule has 0 saturated heterocycles. The molecule has 10 aromatic carbocycles. The molecule has 2 bridgehead atoms. The molecule has 0 spiro atoms. The van der Waals surface area contributed by atoms with E-state index in [1.54, 1.807) is 0 Å². The summed E-state index contributed by atoms with van der Waals surface area (Å²) < 4.78 is 6.22. The molecular weight excluding hydrogens is 897 g/mol. The molecule has 13 rings (SSSR count). The lowest BCUT2D eigenvalue weighted by molar-refractivity contribution is 0.126. The highest BCUT2D eigenvalue weighted by molar-refractivity contribution is 9.10. The number of rotatable bonds is 8. The van der Waals surface area contributed by atoms with E-state index in [9.17, 15) is 0 Å². The minimum absolute atomic E-state index is 0.220. The van der Waals surface area contributed by atoms with Gasteiger partial charge in [-0.15, -0.1) is 0 Å². The van der Waals surface area contributed by atoms with E-state index in [0.717, 1.165) is 34.1 Å². The first kappa shape index (κ1) is 39.8. The molecule has 318 valence electrons. The van der Waals surface area contributed by atoms with Crippen molar-refractivity contribution in [1.29, 1.82) is 0 Å². The zero-order chi connectivity index (χ0) is 44.5. The Hall–Kier alpha value is -7.54. The quantitative estimate of drug-likeness (QED) is 0.0858. The van der Waals surface area contributed by atoms with E-state index >= 15 is 0 Å². The fraction of sp³-hybridized carbons (Fsp3) is 0.0323. The van der Waals surface area contributed by atoms with E-state index in [-0.39, 0.29) is 6.10 Å². The van der Waals surface area contributed by atoms with Crippen LogP contribution in [-0.4, -0.2) is 18.7 Å². The number of para-hydroxylation sites is 2. The predicted octanol–water partition coefficient (Wildman–Crippen LogP) is 13.6. The van der Waals surface area contributed by atoms with Crippen molar-refractivity contribution >= 4 is 112 Å². The van der Waals surface area contributed by atoms with Gasteiger partial charge < -0.3 is 14.5 Å². The van der Waals surface area contributed by atoms with E-state index in [0.29, 0.717) is 0 Å². The highest BCUT2D eigenvalue weighted by Gasteiger charge is 2.55. The summed E-state index contributed by atoms with van der Waals surface area (Å²) in [5, 5.41) is 10.1. The number of halogens is 1. The lowest BCUT2D eigenvalue weighted by atomic mass is 9.87. The van der Waals surface area contributed by atoms with E-state index in [4.69, 9.17) is 4.74 Å². The van der Waals surface area contributed by atoms with Crippen LogP contribution in [0.1, 0.15) is 11.1 Å². The summed E-state index contributed by atoms with van der Waals surface area (Å²) in [6, 6.07) is 89.7. The Bertz CT molecular complexity index is 3550. The van der Waals surface area contributed by atoms with Gasteiger partial charge in [-0.3, -0.25) is 0 Å². The minimum Gasteiger partial charge on any atom is -0.344 e. The second-order valence-electron chi connectivity index (χ2n) is 17.6. The molecule has 3 aliphatic heterocycles. The number of fused-ring (bicyclic) bond motifs is 10. The molecule has 5 heteroatoms. The molecule has 0 aliphatic carbocycles. The first-order valence-corrected chi connectivity index (χ1v) is 25.8. The normalized spacial score (nSPS) is 17.5. The van der Waals surface area contributed by atoms with Crippen molar-refractivity contribution in [2.24, 2.45) is 0 Å². The third-order valence-corrected chi connectivity index (χ3v) is 19.7. The largest absolute Gasteiger partial charge is 0.344 e. The minimum atomic E-state index is -3.32. The summed E-state index contributed by atoms with van der Waals surface area (Å²) in [7, 11) is -3.32. The molecule has 0 amide bonds. The standard InChI is InChI=1S/C62H43BrN2OSi/c63-62-40-39-57(66-62)60-53-37-35-47(64(45-23-5-1-6-24-45)55-33-17-21-43-19-13-15-31-51(43)55)41-58(53)67(49-27-9-3-10-28-49,50-29-11-4-12-30-50)59-42-48(36-38-54(59)61(60)62)65(46-25-7-2-8-26-46)56-34-18-22-44-20-14-16-32-52(44)56/h1-42,57H. The molecule has 0 fully saturated rings. The third kappa shape index (κ3) is 6.19. The summed E-state index contributed by atoms with van der Waals surface area (Å²) in [4.78, 5) is 4.91. The van der Waals surface area contributed by atoms with Crippen LogP contribution in [-0.2, 0) is 4.74 Å². The van der Waals surface area contributed by atoms with Crippen LogP contribution in [0.2, 0.25) is 0 Å². The number of anilines is 6. The Morgan fingerprint density at radius 3 is 1.37 bits per heavy atom. The second kappa shape index (κ2) is 15.8. The van der Waals surface area contributed by atoms with Gasteiger partial charge in [0, 0.05) is 39.1 Å². The Labute approximate surface area is 400 Å². The average Bonchev–Trinajstić information content (AvgIpc) is 3.89. The molecule has 0 aromatic heterocycles. The topological polar surface area (TPSA) is 15.7 Å². The van der Waals surface area contributed by atoms with Gasteiger partial charge in [-0.1, -0.05) is 188 Å². The molecule has 2 atom stereocenters. The molecule has 2 unspecified atom stereocenters. The molecule has 67 heavy (non-hydrogen) atoms. The van der Waals surface area contributed by atoms with Crippen LogP contribution >= 0.6 is 15.9 Å². The summed E-state index contributed by atoms with van der Waals surface area (Å²) in [6.45, 7) is 0. The van der Waals surface area contributed by atoms with E-state index in [2.05, 4.69) is 281 Å². The number of alkyl halides is 1. The van der Waals surface area contributed by atoms with Crippen molar-refractivity contribution in [2.75, 3.05) is 9.80 Å². The van der Waals surface area contributed by atoms with Crippen LogP contribution in [0, 0.1) is 0 Å². The molecule has 0 radical (unpaired) electrons. The van der Waals surface area contributed by atoms with Gasteiger partial charge in [0.1, 0.15) is 6.10 Å². The predicted molar refractivity (Wildman–Crippen MR) is 287 cm³/mol. The van der Waals surface area contributed by atoms with Crippen LogP contribution < -0.4 is 30.5 Å². The van der Waals surface area contributed by atoms with Gasteiger partial charge >= 0.3 is 0 Å². The van der Waals surface area contributed by atoms with Crippen molar-refractivity contribution in [3.63, 3.8) is 0 Å². The van der Waals surface area contributed by atoms with Crippen LogP contribution in [0.25, 0.3) is 32.7 Å². The Kier molecular flexibility index (Phi) is 9.39. The average molecular weight is 940 g/mol. The van der Waals surface area contributed by atoms with Crippen molar-refractivity contribution in [2.45, 2.75) is 10.6 Å². The first-order valence-electron chi connectivity index (χ1n) is 23.0. The van der Waals surface area contributed by atoms with Crippen LogP contribution in [0.15, 0.2) is 255 Å². The van der Waals surface area contributed by atoms with Gasteiger partial charge in [-0.2, -0.15) is 0 Å². The smallest absolute Gasteiger partial charge is 0.181 e. The molecular formula is C62H43BrN2OSi. The lowest BCUT2D eigenvalue weighted by Crippen LogP contribution is -2.75. The molecule has 10 aromatic rings. The van der Waals surface area contributed by atoms with Gasteiger partial charge in [0.05, 0.1) is 11.4 Å². The van der Waals surface area contributed by atoms with Gasteiger partial charge in [-0.05, 0) is 131 Å². The van der Waals surface area contributed by atoms with Gasteiger partial charge in [0.15, 0.2) is 12.6 Å². The Morgan fingerprint density at radius 2 is 0.851 bits per heavy atom. The van der Waals surface area contributed by atoms with Crippen LogP contribution in [0.5, 0.6) is 0 Å². The highest BCUT2D eigenvalue weighted by atomic mass is 79.9. The maximum atomic E-state index is 7.01. The van der Waals surface area contributed by atoms with E-state index in [1.807, 2.05) is 0 Å². The highest BCUT2D eigenvalue weighted by Crippen LogP contribution is 2.56. The molecule has 3 nitrogen and oxygen atoms in total. The maximum absolute atomic E-state index is 7.01. The van der Waals surface area contributed by atoms with Crippen molar-refractivity contribution in [1.82, 2.24) is 0 Å². The third-order valence-electron chi connectivity index (χ3n) is 14.0. The second-order valence-corrected chi connectivity index (χ2v) is 22.5. The van der Waals surface area contributed by atoms with Crippen LogP contribution in [0.4, 0.5) is 34.1 Å². The van der Waals surface area contributed by atoms with Crippen molar-refractivity contribution < 1.29 is 4.74 Å². The summed E-state index contributed by atoms with van der Waals surface area (Å²) in [5.41, 5.74) is 11.5. The van der Waals surface area contributed by atoms with E-state index in [1.165, 1.54) is 64.6 Å². The Morgan fingerprint density at radius 1 is 0.418 bits per heavy atom. The number of hydrogen-bond donors (Lipinski definition) is 0.